The van der Waals surface area contributed by atoms with Gasteiger partial charge in [0.15, 0.2) is 0 Å². The molecule has 2 fully saturated rings. The Balaban J connectivity index is 2.32. The van der Waals surface area contributed by atoms with Gasteiger partial charge in [0.2, 0.25) is 0 Å². The normalized spacial score (nSPS) is 17.3. The van der Waals surface area contributed by atoms with Crippen LogP contribution in [0.25, 0.3) is 12.2 Å². The molecule has 0 heterocycles. The van der Waals surface area contributed by atoms with Crippen molar-refractivity contribution in [3.8, 4) is 11.5 Å². The average Bonchev–Trinajstić information content (AvgIpc) is 2.91. The van der Waals surface area contributed by atoms with Crippen molar-refractivity contribution in [2.45, 2.75) is 181 Å². The van der Waals surface area contributed by atoms with Crippen LogP contribution in [0, 0.1) is 0 Å². The Labute approximate surface area is 263 Å². The predicted molar refractivity (Wildman–Crippen MR) is 192 cm³/mol. The molecule has 0 unspecified atom stereocenters. The second-order valence-corrected chi connectivity index (χ2v) is 26.2. The topological polar surface area (TPSA) is 18.5 Å². The quantitative estimate of drug-likeness (QED) is 0.219. The second-order valence-electron chi connectivity index (χ2n) is 15.5. The van der Waals surface area contributed by atoms with E-state index >= 15 is 0 Å². The minimum atomic E-state index is -2.14. The van der Waals surface area contributed by atoms with Crippen LogP contribution in [-0.2, 0) is 0 Å². The molecule has 0 aromatic heterocycles. The van der Waals surface area contributed by atoms with Crippen molar-refractivity contribution in [1.82, 2.24) is 0 Å². The van der Waals surface area contributed by atoms with Crippen LogP contribution in [-0.4, -0.2) is 16.6 Å². The molecule has 0 saturated heterocycles. The van der Waals surface area contributed by atoms with Crippen molar-refractivity contribution >= 4 is 28.8 Å². The lowest BCUT2D eigenvalue weighted by Crippen LogP contribution is -2.51. The fourth-order valence-corrected chi connectivity index (χ4v) is 19.4. The summed E-state index contributed by atoms with van der Waals surface area (Å²) in [6, 6.07) is 4.84. The highest BCUT2D eigenvalue weighted by Gasteiger charge is 2.49. The molecule has 0 N–H and O–H groups in total. The lowest BCUT2D eigenvalue weighted by atomic mass is 9.91. The Bertz CT molecular complexity index is 932. The zero-order valence-corrected chi connectivity index (χ0v) is 31.7. The smallest absolute Gasteiger partial charge is 0.258 e. The average molecular weight is 611 g/mol. The van der Waals surface area contributed by atoms with Crippen LogP contribution in [0.3, 0.4) is 0 Å². The van der Waals surface area contributed by atoms with Gasteiger partial charge in [0.25, 0.3) is 16.6 Å². The summed E-state index contributed by atoms with van der Waals surface area (Å²) in [6.07, 6.45) is 17.8. The largest absolute Gasteiger partial charge is 0.542 e. The molecule has 0 bridgehead atoms. The van der Waals surface area contributed by atoms with Gasteiger partial charge in [-0.05, 0) is 96.7 Å². The Kier molecular flexibility index (Phi) is 12.7. The van der Waals surface area contributed by atoms with Crippen molar-refractivity contribution in [1.29, 1.82) is 0 Å². The van der Waals surface area contributed by atoms with E-state index in [0.717, 1.165) is 11.5 Å². The summed E-state index contributed by atoms with van der Waals surface area (Å²) in [4.78, 5) is 0. The number of hydrogen-bond acceptors (Lipinski definition) is 2. The van der Waals surface area contributed by atoms with Gasteiger partial charge in [-0.3, -0.25) is 0 Å². The van der Waals surface area contributed by atoms with Crippen LogP contribution in [0.4, 0.5) is 0 Å². The molecule has 3 rings (SSSR count). The summed E-state index contributed by atoms with van der Waals surface area (Å²) in [5, 5.41) is 0. The van der Waals surface area contributed by atoms with Gasteiger partial charge in [0.1, 0.15) is 11.5 Å². The fraction of sp³-hybridized carbons (Fsp3) is 0.737. The molecule has 1 aromatic carbocycles. The first-order chi connectivity index (χ1) is 19.7. The first-order valence-corrected chi connectivity index (χ1v) is 22.0. The maximum Gasteiger partial charge on any atom is 0.258 e. The number of benzene rings is 1. The van der Waals surface area contributed by atoms with Gasteiger partial charge in [-0.25, -0.2) is 0 Å². The van der Waals surface area contributed by atoms with Crippen LogP contribution < -0.4 is 8.85 Å². The van der Waals surface area contributed by atoms with Crippen LogP contribution in [0.1, 0.15) is 158 Å². The first-order valence-electron chi connectivity index (χ1n) is 17.7. The summed E-state index contributed by atoms with van der Waals surface area (Å²) in [5.41, 5.74) is 8.88. The highest BCUT2D eigenvalue weighted by atomic mass is 28.4. The Morgan fingerprint density at radius 3 is 0.952 bits per heavy atom. The SMILES string of the molecule is CC(C)[Si](Oc1cc(C=C2CCCCC2)c(O[Si](C(C)C)(C(C)C)C(C)C)cc1C=C1CCCCC1)(C(C)C)C(C)C. The molecule has 2 nitrogen and oxygen atoms in total. The summed E-state index contributed by atoms with van der Waals surface area (Å²) in [6.45, 7) is 28.9. The maximum atomic E-state index is 7.54. The van der Waals surface area contributed by atoms with Gasteiger partial charge in [-0.1, -0.05) is 119 Å². The van der Waals surface area contributed by atoms with Crippen LogP contribution in [0.2, 0.25) is 33.2 Å². The van der Waals surface area contributed by atoms with Crippen molar-refractivity contribution in [2.75, 3.05) is 0 Å². The van der Waals surface area contributed by atoms with E-state index in [1.54, 1.807) is 11.1 Å². The standard InChI is InChI=1S/C38H66O2Si2/c1-27(2)41(28(3)4,29(5)6)39-37-25-36(24-34-21-17-14-18-22-34)38(26-35(37)23-33-19-15-13-16-20-33)40-42(30(7)8,31(9)10)32(11)12/h23-32H,13-22H2,1-12H3. The van der Waals surface area contributed by atoms with E-state index < -0.39 is 16.6 Å². The van der Waals surface area contributed by atoms with Gasteiger partial charge in [-0.15, -0.1) is 0 Å². The van der Waals surface area contributed by atoms with Gasteiger partial charge in [0, 0.05) is 11.1 Å². The van der Waals surface area contributed by atoms with Crippen LogP contribution in [0.5, 0.6) is 11.5 Å². The minimum absolute atomic E-state index is 0.534. The molecule has 0 radical (unpaired) electrons. The van der Waals surface area contributed by atoms with E-state index in [2.05, 4.69) is 107 Å². The highest BCUT2D eigenvalue weighted by Crippen LogP contribution is 2.48. The molecule has 0 amide bonds. The molecule has 4 heteroatoms. The molecular formula is C38H66O2Si2. The van der Waals surface area contributed by atoms with Crippen LogP contribution >= 0.6 is 0 Å². The second kappa shape index (κ2) is 15.1. The molecule has 238 valence electrons. The molecule has 0 spiro atoms. The Morgan fingerprint density at radius 1 is 0.452 bits per heavy atom. The van der Waals surface area contributed by atoms with E-state index in [1.807, 2.05) is 0 Å². The van der Waals surface area contributed by atoms with Crippen molar-refractivity contribution in [3.05, 3.63) is 34.4 Å². The van der Waals surface area contributed by atoms with Crippen molar-refractivity contribution in [3.63, 3.8) is 0 Å². The fourth-order valence-electron chi connectivity index (χ4n) is 8.82. The monoisotopic (exact) mass is 610 g/mol. The summed E-state index contributed by atoms with van der Waals surface area (Å²) in [5.74, 6) is 2.22. The minimum Gasteiger partial charge on any atom is -0.542 e. The molecule has 2 saturated carbocycles. The van der Waals surface area contributed by atoms with E-state index in [-0.39, 0.29) is 0 Å². The summed E-state index contributed by atoms with van der Waals surface area (Å²) in [7, 11) is -4.28. The third-order valence-electron chi connectivity index (χ3n) is 10.8. The number of allylic oxidation sites excluding steroid dienone is 2. The molecule has 42 heavy (non-hydrogen) atoms. The van der Waals surface area contributed by atoms with Crippen LogP contribution in [0.15, 0.2) is 23.3 Å². The van der Waals surface area contributed by atoms with Gasteiger partial charge >= 0.3 is 0 Å². The first kappa shape index (κ1) is 35.2. The summed E-state index contributed by atoms with van der Waals surface area (Å²) < 4.78 is 15.1. The molecule has 1 aromatic rings. The molecule has 2 aliphatic carbocycles. The number of rotatable bonds is 12. The zero-order chi connectivity index (χ0) is 31.2. The third-order valence-corrected chi connectivity index (χ3v) is 22.8. The highest BCUT2D eigenvalue weighted by molar-refractivity contribution is 6.78. The van der Waals surface area contributed by atoms with Gasteiger partial charge in [-0.2, -0.15) is 0 Å². The lowest BCUT2D eigenvalue weighted by molar-refractivity contribution is 0.467. The molecule has 0 aliphatic heterocycles. The summed E-state index contributed by atoms with van der Waals surface area (Å²) >= 11 is 0. The van der Waals surface area contributed by atoms with Gasteiger partial charge < -0.3 is 8.85 Å². The Morgan fingerprint density at radius 2 is 0.714 bits per heavy atom. The molecule has 0 atom stereocenters. The van der Waals surface area contributed by atoms with Crippen molar-refractivity contribution < 1.29 is 8.85 Å². The Hall–Kier alpha value is -1.27. The van der Waals surface area contributed by atoms with E-state index in [1.165, 1.54) is 75.3 Å². The zero-order valence-electron chi connectivity index (χ0n) is 29.7. The number of hydrogen-bond donors (Lipinski definition) is 0. The third kappa shape index (κ3) is 7.68. The lowest BCUT2D eigenvalue weighted by Gasteiger charge is -2.44. The van der Waals surface area contributed by atoms with Gasteiger partial charge in [0.05, 0.1) is 0 Å². The molecular weight excluding hydrogens is 545 g/mol. The van der Waals surface area contributed by atoms with E-state index in [9.17, 15) is 0 Å². The van der Waals surface area contributed by atoms with Crippen molar-refractivity contribution in [2.24, 2.45) is 0 Å². The predicted octanol–water partition coefficient (Wildman–Crippen LogP) is 13.5. The maximum absolute atomic E-state index is 7.54. The van der Waals surface area contributed by atoms with E-state index in [0.29, 0.717) is 33.2 Å². The van der Waals surface area contributed by atoms with E-state index in [4.69, 9.17) is 8.85 Å². The molecule has 2 aliphatic rings.